The summed E-state index contributed by atoms with van der Waals surface area (Å²) in [5.41, 5.74) is 4.16. The fourth-order valence-electron chi connectivity index (χ4n) is 1.97. The number of aliphatic hydroxyl groups excluding tert-OH is 1. The van der Waals surface area contributed by atoms with Crippen LogP contribution in [0.2, 0.25) is 0 Å². The second-order valence-corrected chi connectivity index (χ2v) is 4.77. The Balaban J connectivity index is 2.41. The highest BCUT2D eigenvalue weighted by atomic mass is 19.1. The molecule has 0 aliphatic heterocycles. The van der Waals surface area contributed by atoms with Gasteiger partial charge in [-0.05, 0) is 49.1 Å². The average molecular weight is 244 g/mol. The highest BCUT2D eigenvalue weighted by Crippen LogP contribution is 2.26. The molecule has 18 heavy (non-hydrogen) atoms. The molecule has 2 rings (SSSR count). The van der Waals surface area contributed by atoms with Gasteiger partial charge in [0.15, 0.2) is 0 Å². The molecule has 0 saturated carbocycles. The Kier molecular flexibility index (Phi) is 3.48. The molecule has 0 aliphatic carbocycles. The van der Waals surface area contributed by atoms with E-state index in [2.05, 4.69) is 0 Å². The first-order valence-electron chi connectivity index (χ1n) is 6.00. The number of benzene rings is 2. The quantitative estimate of drug-likeness (QED) is 0.851. The molecular formula is C16H17FO. The van der Waals surface area contributed by atoms with Crippen molar-refractivity contribution in [3.63, 3.8) is 0 Å². The lowest BCUT2D eigenvalue weighted by molar-refractivity contribution is 0.215. The van der Waals surface area contributed by atoms with Crippen LogP contribution in [-0.2, 0) is 0 Å². The lowest BCUT2D eigenvalue weighted by atomic mass is 9.97. The smallest absolute Gasteiger partial charge is 0.129 e. The molecule has 0 bridgehead atoms. The molecule has 0 aromatic heterocycles. The van der Waals surface area contributed by atoms with E-state index in [0.29, 0.717) is 5.56 Å². The molecule has 1 N–H and O–H groups in total. The third-order valence-corrected chi connectivity index (χ3v) is 3.30. The van der Waals surface area contributed by atoms with E-state index in [1.165, 1.54) is 6.07 Å². The van der Waals surface area contributed by atoms with Crippen molar-refractivity contribution in [2.45, 2.75) is 26.9 Å². The summed E-state index contributed by atoms with van der Waals surface area (Å²) in [6.07, 6.45) is -0.912. The van der Waals surface area contributed by atoms with E-state index in [1.807, 2.05) is 45.0 Å². The third-order valence-electron chi connectivity index (χ3n) is 3.30. The van der Waals surface area contributed by atoms with E-state index < -0.39 is 6.10 Å². The van der Waals surface area contributed by atoms with Crippen LogP contribution in [0, 0.1) is 26.6 Å². The minimum absolute atomic E-state index is 0.323. The average Bonchev–Trinajstić information content (AvgIpc) is 2.32. The summed E-state index contributed by atoms with van der Waals surface area (Å²) in [4.78, 5) is 0. The molecule has 1 nitrogen and oxygen atoms in total. The van der Waals surface area contributed by atoms with Gasteiger partial charge in [-0.2, -0.15) is 0 Å². The molecule has 2 aromatic carbocycles. The van der Waals surface area contributed by atoms with Crippen molar-refractivity contribution in [1.82, 2.24) is 0 Å². The summed E-state index contributed by atoms with van der Waals surface area (Å²) in [6, 6.07) is 10.6. The number of aryl methyl sites for hydroxylation is 3. The van der Waals surface area contributed by atoms with Gasteiger partial charge in [0, 0.05) is 5.56 Å². The zero-order valence-corrected chi connectivity index (χ0v) is 10.9. The predicted octanol–water partition coefficient (Wildman–Crippen LogP) is 3.83. The third kappa shape index (κ3) is 2.44. The molecule has 0 fully saturated rings. The van der Waals surface area contributed by atoms with Crippen LogP contribution in [0.15, 0.2) is 36.4 Å². The molecular weight excluding hydrogens is 227 g/mol. The second-order valence-electron chi connectivity index (χ2n) is 4.77. The molecule has 0 heterocycles. The van der Waals surface area contributed by atoms with Gasteiger partial charge >= 0.3 is 0 Å². The van der Waals surface area contributed by atoms with Gasteiger partial charge in [0.25, 0.3) is 0 Å². The zero-order chi connectivity index (χ0) is 13.3. The van der Waals surface area contributed by atoms with Crippen LogP contribution in [0.4, 0.5) is 4.39 Å². The number of rotatable bonds is 2. The molecule has 0 spiro atoms. The standard InChI is InChI=1S/C16H17FO/c1-10-4-7-14(15(17)8-10)16(18)13-6-5-11(2)12(3)9-13/h4-9,16,18H,1-3H3. The summed E-state index contributed by atoms with van der Waals surface area (Å²) >= 11 is 0. The van der Waals surface area contributed by atoms with E-state index in [-0.39, 0.29) is 5.82 Å². The number of halogens is 1. The second kappa shape index (κ2) is 4.91. The van der Waals surface area contributed by atoms with E-state index in [0.717, 1.165) is 22.3 Å². The van der Waals surface area contributed by atoms with Crippen LogP contribution in [0.5, 0.6) is 0 Å². The summed E-state index contributed by atoms with van der Waals surface area (Å²) in [5.74, 6) is -0.360. The SMILES string of the molecule is Cc1ccc(C(O)c2ccc(C)c(C)c2)c(F)c1. The monoisotopic (exact) mass is 244 g/mol. The summed E-state index contributed by atoms with van der Waals surface area (Å²) < 4.78 is 13.8. The van der Waals surface area contributed by atoms with Gasteiger partial charge < -0.3 is 5.11 Å². The van der Waals surface area contributed by atoms with Crippen LogP contribution in [-0.4, -0.2) is 5.11 Å². The van der Waals surface area contributed by atoms with Gasteiger partial charge in [0.1, 0.15) is 11.9 Å². The fraction of sp³-hybridized carbons (Fsp3) is 0.250. The predicted molar refractivity (Wildman–Crippen MR) is 71.1 cm³/mol. The Morgan fingerprint density at radius 1 is 0.944 bits per heavy atom. The first kappa shape index (κ1) is 12.8. The molecule has 1 atom stereocenters. The number of hydrogen-bond acceptors (Lipinski definition) is 1. The maximum atomic E-state index is 13.8. The molecule has 0 radical (unpaired) electrons. The van der Waals surface area contributed by atoms with Crippen LogP contribution in [0.1, 0.15) is 33.9 Å². The van der Waals surface area contributed by atoms with Gasteiger partial charge in [0.05, 0.1) is 0 Å². The van der Waals surface area contributed by atoms with Crippen molar-refractivity contribution >= 4 is 0 Å². The van der Waals surface area contributed by atoms with Crippen LogP contribution in [0.25, 0.3) is 0 Å². The van der Waals surface area contributed by atoms with Crippen LogP contribution < -0.4 is 0 Å². The Hall–Kier alpha value is -1.67. The van der Waals surface area contributed by atoms with Gasteiger partial charge in [-0.15, -0.1) is 0 Å². The van der Waals surface area contributed by atoms with Crippen LogP contribution in [0.3, 0.4) is 0 Å². The van der Waals surface area contributed by atoms with Crippen molar-refractivity contribution in [2.75, 3.05) is 0 Å². The van der Waals surface area contributed by atoms with Crippen molar-refractivity contribution in [3.05, 3.63) is 70.0 Å². The lowest BCUT2D eigenvalue weighted by Gasteiger charge is -2.14. The molecule has 0 aliphatic rings. The molecule has 2 heteroatoms. The van der Waals surface area contributed by atoms with Crippen LogP contribution >= 0.6 is 0 Å². The van der Waals surface area contributed by atoms with E-state index in [1.54, 1.807) is 6.07 Å². The number of hydrogen-bond donors (Lipinski definition) is 1. The molecule has 1 unspecified atom stereocenters. The lowest BCUT2D eigenvalue weighted by Crippen LogP contribution is -2.03. The van der Waals surface area contributed by atoms with E-state index >= 15 is 0 Å². The van der Waals surface area contributed by atoms with Crippen molar-refractivity contribution < 1.29 is 9.50 Å². The van der Waals surface area contributed by atoms with Crippen molar-refractivity contribution in [2.24, 2.45) is 0 Å². The highest BCUT2D eigenvalue weighted by molar-refractivity contribution is 5.37. The molecule has 94 valence electrons. The molecule has 0 amide bonds. The largest absolute Gasteiger partial charge is 0.384 e. The van der Waals surface area contributed by atoms with Crippen molar-refractivity contribution in [1.29, 1.82) is 0 Å². The first-order chi connectivity index (χ1) is 8.49. The minimum Gasteiger partial charge on any atom is -0.384 e. The van der Waals surface area contributed by atoms with Gasteiger partial charge in [0.2, 0.25) is 0 Å². The highest BCUT2D eigenvalue weighted by Gasteiger charge is 2.15. The first-order valence-corrected chi connectivity index (χ1v) is 6.00. The summed E-state index contributed by atoms with van der Waals surface area (Å²) in [6.45, 7) is 5.82. The summed E-state index contributed by atoms with van der Waals surface area (Å²) in [7, 11) is 0. The fourth-order valence-corrected chi connectivity index (χ4v) is 1.97. The molecule has 0 saturated heterocycles. The van der Waals surface area contributed by atoms with E-state index in [4.69, 9.17) is 0 Å². The van der Waals surface area contributed by atoms with Gasteiger partial charge in [-0.25, -0.2) is 4.39 Å². The number of aliphatic hydroxyl groups is 1. The van der Waals surface area contributed by atoms with E-state index in [9.17, 15) is 9.50 Å². The zero-order valence-electron chi connectivity index (χ0n) is 10.9. The summed E-state index contributed by atoms with van der Waals surface area (Å²) in [5, 5.41) is 10.2. The Morgan fingerprint density at radius 2 is 1.67 bits per heavy atom. The van der Waals surface area contributed by atoms with Crippen molar-refractivity contribution in [3.8, 4) is 0 Å². The minimum atomic E-state index is -0.912. The Bertz CT molecular complexity index is 575. The normalized spacial score (nSPS) is 12.5. The Morgan fingerprint density at radius 3 is 2.28 bits per heavy atom. The van der Waals surface area contributed by atoms with Gasteiger partial charge in [-0.3, -0.25) is 0 Å². The molecule has 2 aromatic rings. The topological polar surface area (TPSA) is 20.2 Å². The van der Waals surface area contributed by atoms with Gasteiger partial charge in [-0.1, -0.05) is 30.3 Å². The Labute approximate surface area is 107 Å². The maximum Gasteiger partial charge on any atom is 0.129 e. The maximum absolute atomic E-state index is 13.8.